The van der Waals surface area contributed by atoms with Gasteiger partial charge < -0.3 is 35.3 Å². The van der Waals surface area contributed by atoms with E-state index in [0.29, 0.717) is 19.4 Å². The zero-order valence-corrected chi connectivity index (χ0v) is 14.0. The Bertz CT molecular complexity index is 589. The van der Waals surface area contributed by atoms with Crippen LogP contribution < -0.4 is 11.1 Å². The van der Waals surface area contributed by atoms with E-state index >= 15 is 0 Å². The summed E-state index contributed by atoms with van der Waals surface area (Å²) in [6.45, 7) is 0.167. The SMILES string of the molecule is NC1(C(=O)O)CNCC1CCCB1OC(=O)C(COC=O)(CC(=O)O)O1. The highest BCUT2D eigenvalue weighted by molar-refractivity contribution is 6.49. The molecule has 5 N–H and O–H groups in total. The van der Waals surface area contributed by atoms with Crippen molar-refractivity contribution >= 4 is 31.5 Å². The average Bonchev–Trinajstić information content (AvgIpc) is 3.07. The molecular weight excluding hydrogens is 351 g/mol. The first-order valence-corrected chi connectivity index (χ1v) is 8.12. The van der Waals surface area contributed by atoms with Crippen molar-refractivity contribution in [2.45, 2.75) is 36.7 Å². The van der Waals surface area contributed by atoms with E-state index in [1.807, 2.05) is 0 Å². The van der Waals surface area contributed by atoms with Crippen LogP contribution in [0.5, 0.6) is 0 Å². The average molecular weight is 372 g/mol. The predicted molar refractivity (Wildman–Crippen MR) is 84.9 cm³/mol. The maximum atomic E-state index is 12.0. The molecule has 2 aliphatic heterocycles. The number of nitrogens with one attached hydrogen (secondary N) is 1. The Morgan fingerprint density at radius 2 is 2.19 bits per heavy atom. The van der Waals surface area contributed by atoms with Crippen LogP contribution in [0.1, 0.15) is 19.3 Å². The topological polar surface area (TPSA) is 174 Å². The molecule has 2 fully saturated rings. The number of carboxylic acids is 2. The zero-order valence-electron chi connectivity index (χ0n) is 14.0. The summed E-state index contributed by atoms with van der Waals surface area (Å²) >= 11 is 0. The first-order valence-electron chi connectivity index (χ1n) is 8.12. The third kappa shape index (κ3) is 4.14. The molecule has 144 valence electrons. The molecule has 0 saturated carbocycles. The van der Waals surface area contributed by atoms with Gasteiger partial charge in [0, 0.05) is 19.0 Å². The molecule has 12 heteroatoms. The highest BCUT2D eigenvalue weighted by Crippen LogP contribution is 2.31. The predicted octanol–water partition coefficient (Wildman–Crippen LogP) is -1.78. The lowest BCUT2D eigenvalue weighted by Gasteiger charge is -2.25. The van der Waals surface area contributed by atoms with E-state index < -0.39 is 49.2 Å². The highest BCUT2D eigenvalue weighted by atomic mass is 16.7. The summed E-state index contributed by atoms with van der Waals surface area (Å²) in [5, 5.41) is 21.2. The summed E-state index contributed by atoms with van der Waals surface area (Å²) < 4.78 is 15.0. The van der Waals surface area contributed by atoms with Gasteiger partial charge in [0.2, 0.25) is 0 Å². The molecule has 3 unspecified atom stereocenters. The lowest BCUT2D eigenvalue weighted by Crippen LogP contribution is -2.54. The Kier molecular flexibility index (Phi) is 6.21. The van der Waals surface area contributed by atoms with E-state index in [2.05, 4.69) is 10.1 Å². The molecule has 0 radical (unpaired) electrons. The largest absolute Gasteiger partial charge is 0.528 e. The second-order valence-corrected chi connectivity index (χ2v) is 6.53. The van der Waals surface area contributed by atoms with Gasteiger partial charge in [-0.3, -0.25) is 19.2 Å². The van der Waals surface area contributed by atoms with Crippen molar-refractivity contribution in [3.63, 3.8) is 0 Å². The lowest BCUT2D eigenvalue weighted by atomic mass is 9.78. The maximum Gasteiger partial charge on any atom is 0.528 e. The van der Waals surface area contributed by atoms with Gasteiger partial charge in [0.1, 0.15) is 12.1 Å². The normalized spacial score (nSPS) is 30.9. The summed E-state index contributed by atoms with van der Waals surface area (Å²) in [5.41, 5.74) is 2.70. The number of carboxylic acid groups (broad SMARTS) is 2. The van der Waals surface area contributed by atoms with Crippen LogP contribution in [0.2, 0.25) is 6.32 Å². The smallest absolute Gasteiger partial charge is 0.507 e. The lowest BCUT2D eigenvalue weighted by molar-refractivity contribution is -0.158. The van der Waals surface area contributed by atoms with Gasteiger partial charge in [0.15, 0.2) is 5.60 Å². The molecule has 0 aromatic carbocycles. The summed E-state index contributed by atoms with van der Waals surface area (Å²) in [7, 11) is -0.997. The number of aliphatic carboxylic acids is 2. The van der Waals surface area contributed by atoms with E-state index in [4.69, 9.17) is 20.1 Å². The molecular formula is C14H21BN2O9. The molecule has 0 aliphatic carbocycles. The van der Waals surface area contributed by atoms with Crippen LogP contribution in [0.25, 0.3) is 0 Å². The molecule has 0 spiro atoms. The molecule has 0 aromatic heterocycles. The van der Waals surface area contributed by atoms with Crippen LogP contribution >= 0.6 is 0 Å². The maximum absolute atomic E-state index is 12.0. The Labute approximate surface area is 149 Å². The van der Waals surface area contributed by atoms with Gasteiger partial charge in [-0.25, -0.2) is 0 Å². The Balaban J connectivity index is 1.91. The first-order chi connectivity index (χ1) is 12.2. The van der Waals surface area contributed by atoms with E-state index in [1.165, 1.54) is 0 Å². The van der Waals surface area contributed by atoms with Crippen molar-refractivity contribution < 1.29 is 43.4 Å². The minimum atomic E-state index is -1.87. The molecule has 0 amide bonds. The molecule has 2 heterocycles. The molecule has 3 atom stereocenters. The van der Waals surface area contributed by atoms with Crippen LogP contribution in [-0.2, 0) is 33.2 Å². The number of carbonyl (C=O) groups excluding carboxylic acids is 2. The fraction of sp³-hybridized carbons (Fsp3) is 0.714. The number of carbonyl (C=O) groups is 4. The van der Waals surface area contributed by atoms with Crippen molar-refractivity contribution in [2.24, 2.45) is 11.7 Å². The van der Waals surface area contributed by atoms with E-state index in [1.54, 1.807) is 0 Å². The monoisotopic (exact) mass is 372 g/mol. The number of rotatable bonds is 10. The van der Waals surface area contributed by atoms with E-state index in [9.17, 15) is 24.3 Å². The van der Waals surface area contributed by atoms with Crippen molar-refractivity contribution in [1.29, 1.82) is 0 Å². The van der Waals surface area contributed by atoms with Crippen LogP contribution in [0.3, 0.4) is 0 Å². The fourth-order valence-corrected chi connectivity index (χ4v) is 3.26. The van der Waals surface area contributed by atoms with Gasteiger partial charge in [-0.1, -0.05) is 6.42 Å². The second-order valence-electron chi connectivity index (χ2n) is 6.53. The molecule has 2 rings (SSSR count). The third-order valence-electron chi connectivity index (χ3n) is 4.72. The fourth-order valence-electron chi connectivity index (χ4n) is 3.26. The van der Waals surface area contributed by atoms with Gasteiger partial charge in [-0.15, -0.1) is 0 Å². The van der Waals surface area contributed by atoms with Gasteiger partial charge in [0.25, 0.3) is 6.47 Å². The minimum absolute atomic E-state index is 0.0907. The van der Waals surface area contributed by atoms with Crippen molar-refractivity contribution in [1.82, 2.24) is 5.32 Å². The molecule has 0 bridgehead atoms. The number of hydrogen-bond acceptors (Lipinski definition) is 9. The Morgan fingerprint density at radius 3 is 2.81 bits per heavy atom. The minimum Gasteiger partial charge on any atom is -0.507 e. The molecule has 2 aliphatic rings. The molecule has 2 saturated heterocycles. The van der Waals surface area contributed by atoms with Gasteiger partial charge in [0.05, 0.1) is 6.42 Å². The Hall–Kier alpha value is -2.18. The summed E-state index contributed by atoms with van der Waals surface area (Å²) in [4.78, 5) is 44.7. The Morgan fingerprint density at radius 1 is 1.46 bits per heavy atom. The van der Waals surface area contributed by atoms with Crippen molar-refractivity contribution in [3.05, 3.63) is 0 Å². The van der Waals surface area contributed by atoms with Crippen LogP contribution in [0, 0.1) is 5.92 Å². The van der Waals surface area contributed by atoms with Gasteiger partial charge in [-0.2, -0.15) is 0 Å². The summed E-state index contributed by atoms with van der Waals surface area (Å²) in [6.07, 6.45) is 0.451. The number of ether oxygens (including phenoxy) is 1. The molecule has 26 heavy (non-hydrogen) atoms. The van der Waals surface area contributed by atoms with E-state index in [-0.39, 0.29) is 25.3 Å². The molecule has 0 aromatic rings. The standard InChI is InChI=1S/C14H21BN2O9/c16-14(11(21)22)6-17-5-9(14)2-1-3-15-25-12(23)13(26-15,4-10(19)20)7-24-8-18/h8-9,17H,1-7,16H2,(H,19,20)(H,21,22). The zero-order chi connectivity index (χ0) is 19.4. The van der Waals surface area contributed by atoms with Gasteiger partial charge in [-0.05, 0) is 12.7 Å². The van der Waals surface area contributed by atoms with E-state index in [0.717, 1.165) is 0 Å². The summed E-state index contributed by atoms with van der Waals surface area (Å²) in [5.74, 6) is -3.58. The second kappa shape index (κ2) is 8.02. The highest BCUT2D eigenvalue weighted by Gasteiger charge is 2.54. The third-order valence-corrected chi connectivity index (χ3v) is 4.72. The number of hydrogen-bond donors (Lipinski definition) is 4. The van der Waals surface area contributed by atoms with Gasteiger partial charge >= 0.3 is 25.0 Å². The first kappa shape index (κ1) is 20.1. The number of nitrogens with two attached hydrogens (primary N) is 1. The van der Waals surface area contributed by atoms with Crippen molar-refractivity contribution in [2.75, 3.05) is 19.7 Å². The molecule has 11 nitrogen and oxygen atoms in total. The van der Waals surface area contributed by atoms with Crippen molar-refractivity contribution in [3.8, 4) is 0 Å². The summed E-state index contributed by atoms with van der Waals surface area (Å²) in [6, 6.07) is 0. The van der Waals surface area contributed by atoms with Crippen LogP contribution in [0.15, 0.2) is 0 Å². The van der Waals surface area contributed by atoms with Crippen LogP contribution in [-0.4, -0.2) is 72.5 Å². The van der Waals surface area contributed by atoms with Crippen LogP contribution in [0.4, 0.5) is 0 Å². The quantitative estimate of drug-likeness (QED) is 0.252.